The zero-order valence-corrected chi connectivity index (χ0v) is 16.1. The van der Waals surface area contributed by atoms with Crippen LogP contribution in [0.4, 0.5) is 10.1 Å². The molecule has 0 saturated carbocycles. The number of halogens is 3. The molecule has 1 heterocycles. The number of carbonyl (C=O) groups excluding carboxylic acids is 2. The number of ketones is 1. The van der Waals surface area contributed by atoms with E-state index in [1.54, 1.807) is 38.1 Å². The Morgan fingerprint density at radius 2 is 1.78 bits per heavy atom. The van der Waals surface area contributed by atoms with Gasteiger partial charge in [-0.15, -0.1) is 0 Å². The first-order chi connectivity index (χ1) is 12.7. The molecular weight excluding hydrogens is 392 g/mol. The first-order valence-corrected chi connectivity index (χ1v) is 8.99. The van der Waals surface area contributed by atoms with Crippen molar-refractivity contribution in [1.82, 2.24) is 0 Å². The fraction of sp³-hybridized carbons (Fsp3) is 0.200. The van der Waals surface area contributed by atoms with Crippen molar-refractivity contribution in [2.75, 3.05) is 4.90 Å². The van der Waals surface area contributed by atoms with Crippen molar-refractivity contribution >= 4 is 40.6 Å². The van der Waals surface area contributed by atoms with Gasteiger partial charge in [-0.25, -0.2) is 4.39 Å². The lowest BCUT2D eigenvalue weighted by atomic mass is 9.91. The average molecular weight is 408 g/mol. The molecule has 3 rings (SSSR count). The van der Waals surface area contributed by atoms with E-state index in [1.807, 2.05) is 0 Å². The van der Waals surface area contributed by atoms with Crippen LogP contribution in [0, 0.1) is 11.7 Å². The van der Waals surface area contributed by atoms with Crippen molar-refractivity contribution in [2.45, 2.75) is 19.9 Å². The highest BCUT2D eigenvalue weighted by Gasteiger charge is 2.44. The second-order valence-electron chi connectivity index (χ2n) is 6.51. The molecule has 2 aromatic rings. The Balaban J connectivity index is 2.20. The number of benzene rings is 2. The molecule has 0 spiro atoms. The summed E-state index contributed by atoms with van der Waals surface area (Å²) in [6, 6.07) is 9.52. The van der Waals surface area contributed by atoms with Gasteiger partial charge in [0.2, 0.25) is 0 Å². The number of carbonyl (C=O) groups is 2. The van der Waals surface area contributed by atoms with E-state index in [1.165, 1.54) is 17.0 Å². The van der Waals surface area contributed by atoms with Gasteiger partial charge in [0.1, 0.15) is 5.82 Å². The maximum atomic E-state index is 13.6. The largest absolute Gasteiger partial charge is 0.503 e. The molecule has 1 unspecified atom stereocenters. The standard InChI is InChI=1S/C20H16Cl2FNO3/c1-10(2)18(25)16-17(11-3-5-12(21)6-4-11)24(20(27)19(16)26)13-7-8-15(23)14(22)9-13/h3-10,17,26H,1-2H3. The number of Topliss-reactive ketones (excluding diaryl/α,β-unsaturated/α-hetero) is 1. The Morgan fingerprint density at radius 1 is 1.15 bits per heavy atom. The summed E-state index contributed by atoms with van der Waals surface area (Å²) in [5, 5.41) is 10.8. The van der Waals surface area contributed by atoms with Gasteiger partial charge in [0.25, 0.3) is 5.91 Å². The lowest BCUT2D eigenvalue weighted by molar-refractivity contribution is -0.119. The number of amides is 1. The van der Waals surface area contributed by atoms with E-state index in [0.717, 1.165) is 6.07 Å². The van der Waals surface area contributed by atoms with Gasteiger partial charge in [0, 0.05) is 16.6 Å². The van der Waals surface area contributed by atoms with Gasteiger partial charge in [-0.05, 0) is 35.9 Å². The first kappa shape index (κ1) is 19.4. The van der Waals surface area contributed by atoms with E-state index in [-0.39, 0.29) is 22.1 Å². The van der Waals surface area contributed by atoms with Crippen molar-refractivity contribution in [3.63, 3.8) is 0 Å². The number of nitrogens with zero attached hydrogens (tertiary/aromatic N) is 1. The highest BCUT2D eigenvalue weighted by atomic mass is 35.5. The molecule has 0 bridgehead atoms. The van der Waals surface area contributed by atoms with E-state index < -0.39 is 29.4 Å². The van der Waals surface area contributed by atoms with Crippen LogP contribution < -0.4 is 4.90 Å². The van der Waals surface area contributed by atoms with Gasteiger partial charge in [0.05, 0.1) is 16.6 Å². The summed E-state index contributed by atoms with van der Waals surface area (Å²) in [6.07, 6.45) is 0. The first-order valence-electron chi connectivity index (χ1n) is 8.23. The zero-order chi connectivity index (χ0) is 19.9. The topological polar surface area (TPSA) is 57.6 Å². The summed E-state index contributed by atoms with van der Waals surface area (Å²) in [6.45, 7) is 3.37. The van der Waals surface area contributed by atoms with E-state index >= 15 is 0 Å². The van der Waals surface area contributed by atoms with E-state index in [0.29, 0.717) is 10.6 Å². The van der Waals surface area contributed by atoms with Crippen LogP contribution >= 0.6 is 23.2 Å². The molecule has 1 aliphatic rings. The molecule has 0 fully saturated rings. The van der Waals surface area contributed by atoms with Gasteiger partial charge in [-0.3, -0.25) is 14.5 Å². The van der Waals surface area contributed by atoms with Gasteiger partial charge in [0.15, 0.2) is 11.5 Å². The van der Waals surface area contributed by atoms with Crippen molar-refractivity contribution < 1.29 is 19.1 Å². The third-order valence-electron chi connectivity index (χ3n) is 4.37. The molecule has 4 nitrogen and oxygen atoms in total. The lowest BCUT2D eigenvalue weighted by Crippen LogP contribution is -2.31. The summed E-state index contributed by atoms with van der Waals surface area (Å²) in [4.78, 5) is 26.8. The summed E-state index contributed by atoms with van der Waals surface area (Å²) in [5.74, 6) is -2.78. The number of hydrogen-bond donors (Lipinski definition) is 1. The van der Waals surface area contributed by atoms with Crippen LogP contribution in [-0.2, 0) is 9.59 Å². The Bertz CT molecular complexity index is 954. The minimum atomic E-state index is -0.869. The highest BCUT2D eigenvalue weighted by molar-refractivity contribution is 6.31. The highest BCUT2D eigenvalue weighted by Crippen LogP contribution is 2.42. The number of anilines is 1. The Hall–Kier alpha value is -2.37. The van der Waals surface area contributed by atoms with E-state index in [9.17, 15) is 19.1 Å². The maximum absolute atomic E-state index is 13.6. The molecule has 140 valence electrons. The fourth-order valence-corrected chi connectivity index (χ4v) is 3.33. The summed E-state index contributed by atoms with van der Waals surface area (Å²) >= 11 is 11.8. The van der Waals surface area contributed by atoms with Crippen molar-refractivity contribution in [3.8, 4) is 0 Å². The smallest absolute Gasteiger partial charge is 0.294 e. The van der Waals surface area contributed by atoms with Crippen LogP contribution in [0.3, 0.4) is 0 Å². The average Bonchev–Trinajstić information content (AvgIpc) is 2.89. The summed E-state index contributed by atoms with van der Waals surface area (Å²) in [5.41, 5.74) is 0.850. The third kappa shape index (κ3) is 3.45. The molecule has 0 aliphatic carbocycles. The Kier molecular flexibility index (Phi) is 5.27. The molecule has 1 aliphatic heterocycles. The van der Waals surface area contributed by atoms with Gasteiger partial charge in [-0.1, -0.05) is 49.2 Å². The molecule has 0 aromatic heterocycles. The predicted octanol–water partition coefficient (Wildman–Crippen LogP) is 5.26. The second-order valence-corrected chi connectivity index (χ2v) is 7.35. The van der Waals surface area contributed by atoms with Gasteiger partial charge in [-0.2, -0.15) is 0 Å². The predicted molar refractivity (Wildman–Crippen MR) is 103 cm³/mol. The monoisotopic (exact) mass is 407 g/mol. The Labute approximate surface area is 165 Å². The van der Waals surface area contributed by atoms with E-state index in [2.05, 4.69) is 0 Å². The molecule has 7 heteroatoms. The zero-order valence-electron chi connectivity index (χ0n) is 14.5. The van der Waals surface area contributed by atoms with E-state index in [4.69, 9.17) is 23.2 Å². The van der Waals surface area contributed by atoms with Crippen LogP contribution in [0.1, 0.15) is 25.5 Å². The molecule has 1 N–H and O–H groups in total. The van der Waals surface area contributed by atoms with Crippen LogP contribution in [0.2, 0.25) is 10.0 Å². The number of hydrogen-bond acceptors (Lipinski definition) is 3. The molecule has 0 saturated heterocycles. The molecular formula is C20H16Cl2FNO3. The minimum absolute atomic E-state index is 0.00206. The third-order valence-corrected chi connectivity index (χ3v) is 4.91. The minimum Gasteiger partial charge on any atom is -0.503 e. The number of aliphatic hydroxyl groups is 1. The number of aliphatic hydroxyl groups excluding tert-OH is 1. The van der Waals surface area contributed by atoms with Crippen molar-refractivity contribution in [1.29, 1.82) is 0 Å². The lowest BCUT2D eigenvalue weighted by Gasteiger charge is -2.27. The molecule has 1 amide bonds. The van der Waals surface area contributed by atoms with Crippen LogP contribution in [0.5, 0.6) is 0 Å². The van der Waals surface area contributed by atoms with Crippen LogP contribution in [0.25, 0.3) is 0 Å². The summed E-state index contributed by atoms with van der Waals surface area (Å²) in [7, 11) is 0. The van der Waals surface area contributed by atoms with Crippen molar-refractivity contribution in [2.24, 2.45) is 5.92 Å². The quantitative estimate of drug-likeness (QED) is 0.751. The second kappa shape index (κ2) is 7.33. The Morgan fingerprint density at radius 3 is 2.33 bits per heavy atom. The molecule has 2 aromatic carbocycles. The van der Waals surface area contributed by atoms with Gasteiger partial charge >= 0.3 is 0 Å². The van der Waals surface area contributed by atoms with Gasteiger partial charge < -0.3 is 5.11 Å². The van der Waals surface area contributed by atoms with Crippen molar-refractivity contribution in [3.05, 3.63) is 75.2 Å². The SMILES string of the molecule is CC(C)C(=O)C1=C(O)C(=O)N(c2ccc(F)c(Cl)c2)C1c1ccc(Cl)cc1. The maximum Gasteiger partial charge on any atom is 0.294 e. The van der Waals surface area contributed by atoms with Crippen LogP contribution in [0.15, 0.2) is 53.8 Å². The normalized spacial score (nSPS) is 17.2. The molecule has 0 radical (unpaired) electrons. The van der Waals surface area contributed by atoms with Crippen LogP contribution in [-0.4, -0.2) is 16.8 Å². The fourth-order valence-electron chi connectivity index (χ4n) is 3.03. The number of rotatable bonds is 4. The molecule has 1 atom stereocenters. The summed E-state index contributed by atoms with van der Waals surface area (Å²) < 4.78 is 13.6. The molecule has 27 heavy (non-hydrogen) atoms.